The number of nitrogens with one attached hydrogen (secondary N) is 2. The molecule has 2 aliphatic rings. The maximum atomic E-state index is 12.5. The molecule has 1 amide bonds. The zero-order valence-electron chi connectivity index (χ0n) is 21.0. The molecule has 0 unspecified atom stereocenters. The molecule has 3 heterocycles. The highest BCUT2D eigenvalue weighted by atomic mass is 35.5. The average Bonchev–Trinajstić information content (AvgIpc) is 3.36. The second-order valence-electron chi connectivity index (χ2n) is 8.72. The fraction of sp³-hybridized carbons (Fsp3) is 0.308. The van der Waals surface area contributed by atoms with Gasteiger partial charge in [-0.05, 0) is 44.2 Å². The van der Waals surface area contributed by atoms with E-state index in [1.165, 1.54) is 0 Å². The summed E-state index contributed by atoms with van der Waals surface area (Å²) in [7, 11) is 0. The minimum atomic E-state index is -0.0453. The van der Waals surface area contributed by atoms with Crippen molar-refractivity contribution >= 4 is 42.0 Å². The van der Waals surface area contributed by atoms with Crippen molar-refractivity contribution in [3.05, 3.63) is 87.4 Å². The third-order valence-corrected chi connectivity index (χ3v) is 6.31. The number of halogens is 1. The first-order valence-electron chi connectivity index (χ1n) is 12.0. The van der Waals surface area contributed by atoms with E-state index in [-0.39, 0.29) is 12.0 Å². The van der Waals surface area contributed by atoms with Crippen molar-refractivity contribution in [3.8, 4) is 5.69 Å². The number of nitrogens with two attached hydrogens (primary N) is 1. The maximum Gasteiger partial charge on any atom is 0.255 e. The van der Waals surface area contributed by atoms with Crippen LogP contribution in [0, 0.1) is 0 Å². The lowest BCUT2D eigenvalue weighted by Crippen LogP contribution is -2.49. The molecule has 0 radical (unpaired) electrons. The van der Waals surface area contributed by atoms with Crippen LogP contribution in [0.5, 0.6) is 0 Å². The minimum Gasteiger partial charge on any atom is -0.372 e. The Labute approximate surface area is 228 Å². The third-order valence-electron chi connectivity index (χ3n) is 6.03. The van der Waals surface area contributed by atoms with Crippen molar-refractivity contribution in [2.24, 2.45) is 5.73 Å². The molecule has 11 heteroatoms. The third kappa shape index (κ3) is 7.90. The molecular formula is C26H34ClN7O2S. The Morgan fingerprint density at radius 3 is 2.54 bits per heavy atom. The first kappa shape index (κ1) is 28.4. The molecule has 1 aromatic heterocycles. The summed E-state index contributed by atoms with van der Waals surface area (Å²) in [5.41, 5.74) is 14.6. The van der Waals surface area contributed by atoms with Crippen LogP contribution in [0.25, 0.3) is 5.69 Å². The topological polar surface area (TPSA) is 98.9 Å². The molecule has 37 heavy (non-hydrogen) atoms. The molecule has 198 valence electrons. The van der Waals surface area contributed by atoms with Crippen LogP contribution >= 0.6 is 24.2 Å². The molecular weight excluding hydrogens is 510 g/mol. The SMILES string of the molecule is CC(C)N1CCN(c2cc(-n3ccccc3=O)ccc2N2C=C(C/C=C/C=C(\S)Cl)NN2)CC1.NC=O. The van der Waals surface area contributed by atoms with Crippen molar-refractivity contribution in [3.63, 3.8) is 0 Å². The lowest BCUT2D eigenvalue weighted by molar-refractivity contribution is -0.106. The summed E-state index contributed by atoms with van der Waals surface area (Å²) in [6.07, 6.45) is 10.5. The van der Waals surface area contributed by atoms with Crippen LogP contribution in [-0.4, -0.2) is 48.1 Å². The fourth-order valence-electron chi connectivity index (χ4n) is 4.17. The summed E-state index contributed by atoms with van der Waals surface area (Å²) in [5, 5.41) is 1.99. The van der Waals surface area contributed by atoms with E-state index in [1.54, 1.807) is 22.8 Å². The van der Waals surface area contributed by atoms with E-state index < -0.39 is 0 Å². The number of carbonyl (C=O) groups is 1. The van der Waals surface area contributed by atoms with Gasteiger partial charge in [0.05, 0.1) is 21.4 Å². The summed E-state index contributed by atoms with van der Waals surface area (Å²) >= 11 is 9.81. The molecule has 1 saturated heterocycles. The molecule has 0 spiro atoms. The maximum absolute atomic E-state index is 12.5. The molecule has 2 aromatic rings. The summed E-state index contributed by atoms with van der Waals surface area (Å²) in [5.74, 6) is 0. The molecule has 1 aromatic carbocycles. The van der Waals surface area contributed by atoms with Crippen LogP contribution in [-0.2, 0) is 4.79 Å². The Bertz CT molecular complexity index is 1200. The lowest BCUT2D eigenvalue weighted by Gasteiger charge is -2.39. The van der Waals surface area contributed by atoms with Crippen molar-refractivity contribution < 1.29 is 4.79 Å². The average molecular weight is 544 g/mol. The zero-order chi connectivity index (χ0) is 26.8. The van der Waals surface area contributed by atoms with Gasteiger partial charge in [-0.15, -0.1) is 18.2 Å². The number of allylic oxidation sites excluding steroid dienone is 3. The summed E-state index contributed by atoms with van der Waals surface area (Å²) in [6.45, 7) is 8.34. The predicted octanol–water partition coefficient (Wildman–Crippen LogP) is 3.10. The molecule has 0 atom stereocenters. The number of aromatic nitrogens is 1. The van der Waals surface area contributed by atoms with E-state index >= 15 is 0 Å². The number of nitrogens with zero attached hydrogens (tertiary/aromatic N) is 4. The number of amides is 1. The van der Waals surface area contributed by atoms with Gasteiger partial charge in [0.1, 0.15) is 0 Å². The zero-order valence-corrected chi connectivity index (χ0v) is 22.7. The fourth-order valence-corrected chi connectivity index (χ4v) is 4.33. The van der Waals surface area contributed by atoms with E-state index in [0.717, 1.165) is 55.4 Å². The van der Waals surface area contributed by atoms with Crippen LogP contribution in [0.2, 0.25) is 0 Å². The molecule has 0 saturated carbocycles. The molecule has 1 fully saturated rings. The van der Waals surface area contributed by atoms with E-state index in [0.29, 0.717) is 10.4 Å². The molecule has 0 aliphatic carbocycles. The molecule has 9 nitrogen and oxygen atoms in total. The highest BCUT2D eigenvalue weighted by Crippen LogP contribution is 2.33. The van der Waals surface area contributed by atoms with Gasteiger partial charge in [0, 0.05) is 62.8 Å². The monoisotopic (exact) mass is 543 g/mol. The predicted molar refractivity (Wildman–Crippen MR) is 155 cm³/mol. The Kier molecular flexibility index (Phi) is 10.7. The van der Waals surface area contributed by atoms with Gasteiger partial charge < -0.3 is 16.1 Å². The van der Waals surface area contributed by atoms with E-state index in [2.05, 4.69) is 65.1 Å². The van der Waals surface area contributed by atoms with Crippen molar-refractivity contribution in [1.82, 2.24) is 20.4 Å². The number of pyridine rings is 1. The Morgan fingerprint density at radius 2 is 1.89 bits per heavy atom. The van der Waals surface area contributed by atoms with Gasteiger partial charge in [-0.3, -0.25) is 24.1 Å². The van der Waals surface area contributed by atoms with Crippen molar-refractivity contribution in [2.45, 2.75) is 26.3 Å². The largest absolute Gasteiger partial charge is 0.372 e. The number of hydrazine groups is 2. The summed E-state index contributed by atoms with van der Waals surface area (Å²) in [6, 6.07) is 11.9. The molecule has 4 N–H and O–H groups in total. The lowest BCUT2D eigenvalue weighted by atomic mass is 10.1. The number of piperazine rings is 1. The van der Waals surface area contributed by atoms with Crippen LogP contribution < -0.4 is 32.2 Å². The first-order valence-corrected chi connectivity index (χ1v) is 12.9. The van der Waals surface area contributed by atoms with Gasteiger partial charge >= 0.3 is 0 Å². The quantitative estimate of drug-likeness (QED) is 0.242. The van der Waals surface area contributed by atoms with Gasteiger partial charge in [0.2, 0.25) is 6.41 Å². The molecule has 0 bridgehead atoms. The highest BCUT2D eigenvalue weighted by Gasteiger charge is 2.24. The second-order valence-corrected chi connectivity index (χ2v) is 9.87. The Morgan fingerprint density at radius 1 is 1.16 bits per heavy atom. The number of anilines is 2. The molecule has 2 aliphatic heterocycles. The van der Waals surface area contributed by atoms with Crippen molar-refractivity contribution in [2.75, 3.05) is 36.1 Å². The van der Waals surface area contributed by atoms with Crippen molar-refractivity contribution in [1.29, 1.82) is 0 Å². The normalized spacial score (nSPS) is 16.5. The van der Waals surface area contributed by atoms with E-state index in [1.807, 2.05) is 41.7 Å². The van der Waals surface area contributed by atoms with Gasteiger partial charge in [0.25, 0.3) is 5.56 Å². The van der Waals surface area contributed by atoms with Crippen LogP contribution in [0.3, 0.4) is 0 Å². The van der Waals surface area contributed by atoms with Gasteiger partial charge in [-0.2, -0.15) is 0 Å². The van der Waals surface area contributed by atoms with E-state index in [4.69, 9.17) is 16.4 Å². The number of hydrogen-bond donors (Lipinski definition) is 4. The van der Waals surface area contributed by atoms with Gasteiger partial charge in [-0.1, -0.05) is 29.8 Å². The number of thiol groups is 1. The minimum absolute atomic E-state index is 0.0453. The number of hydrogen-bond acceptors (Lipinski definition) is 8. The van der Waals surface area contributed by atoms with Gasteiger partial charge in [0.15, 0.2) is 0 Å². The van der Waals surface area contributed by atoms with Crippen LogP contribution in [0.1, 0.15) is 20.3 Å². The summed E-state index contributed by atoms with van der Waals surface area (Å²) in [4.78, 5) is 25.9. The number of benzene rings is 1. The summed E-state index contributed by atoms with van der Waals surface area (Å²) < 4.78 is 2.13. The van der Waals surface area contributed by atoms with Crippen LogP contribution in [0.15, 0.2) is 81.9 Å². The standard InChI is InChI=1S/C25H31ClN6OS.CH3NO/c1-19(2)29-13-15-30(16-14-29)23-17-21(31-12-6-5-9-25(31)33)10-11-22(23)32-18-20(27-28-32)7-3-4-8-24(26)34;2-1-3/h3-6,8-12,17-19,27-28,34H,7,13-16H2,1-2H3;1H,(H2,2,3)/b4-3+,24-8-;. The highest BCUT2D eigenvalue weighted by molar-refractivity contribution is 7.86. The van der Waals surface area contributed by atoms with Crippen LogP contribution in [0.4, 0.5) is 11.4 Å². The second kappa shape index (κ2) is 13.9. The number of primary amides is 1. The smallest absolute Gasteiger partial charge is 0.255 e. The Balaban J connectivity index is 0.00000121. The van der Waals surface area contributed by atoms with Gasteiger partial charge in [-0.25, -0.2) is 0 Å². The number of carbonyl (C=O) groups excluding carboxylic acids is 1. The Hall–Kier alpha value is -3.18. The number of rotatable bonds is 7. The molecule has 4 rings (SSSR count). The van der Waals surface area contributed by atoms with E-state index in [9.17, 15) is 4.79 Å². The first-order chi connectivity index (χ1) is 17.8.